The second-order valence-electron chi connectivity index (χ2n) is 3.73. The van der Waals surface area contributed by atoms with Crippen LogP contribution in [-0.2, 0) is 16.1 Å². The van der Waals surface area contributed by atoms with Gasteiger partial charge in [0.15, 0.2) is 0 Å². The Labute approximate surface area is 111 Å². The number of nitriles is 2. The molecule has 19 heavy (non-hydrogen) atoms. The minimum atomic E-state index is -0.644. The van der Waals surface area contributed by atoms with Gasteiger partial charge in [-0.25, -0.2) is 4.79 Å². The van der Waals surface area contributed by atoms with Crippen molar-refractivity contribution in [1.29, 1.82) is 10.5 Å². The smallest absolute Gasteiger partial charge is 0.348 e. The zero-order valence-corrected chi connectivity index (χ0v) is 10.9. The molecule has 1 aromatic heterocycles. The fraction of sp³-hybridized carbons (Fsp3) is 0.385. The van der Waals surface area contributed by atoms with E-state index < -0.39 is 5.97 Å². The Morgan fingerprint density at radius 1 is 1.58 bits per heavy atom. The summed E-state index contributed by atoms with van der Waals surface area (Å²) in [5.41, 5.74) is 1.29. The minimum absolute atomic E-state index is 0.0650. The van der Waals surface area contributed by atoms with Crippen LogP contribution in [0.4, 0.5) is 0 Å². The van der Waals surface area contributed by atoms with Gasteiger partial charge in [-0.05, 0) is 19.9 Å². The summed E-state index contributed by atoms with van der Waals surface area (Å²) in [4.78, 5) is 11.5. The highest BCUT2D eigenvalue weighted by Crippen LogP contribution is 2.12. The maximum atomic E-state index is 11.5. The molecule has 0 aliphatic carbocycles. The van der Waals surface area contributed by atoms with E-state index in [-0.39, 0.29) is 12.2 Å². The van der Waals surface area contributed by atoms with Gasteiger partial charge < -0.3 is 4.74 Å². The molecule has 1 heterocycles. The third kappa shape index (κ3) is 3.97. The summed E-state index contributed by atoms with van der Waals surface area (Å²) in [6.45, 7) is 4.15. The van der Waals surface area contributed by atoms with Gasteiger partial charge in [0.2, 0.25) is 0 Å². The Hall–Kier alpha value is -2.60. The Kier molecular flexibility index (Phi) is 5.31. The Bertz CT molecular complexity index is 572. The molecule has 6 nitrogen and oxygen atoms in total. The average Bonchev–Trinajstić information content (AvgIpc) is 2.74. The van der Waals surface area contributed by atoms with Crippen LogP contribution in [0, 0.1) is 29.6 Å². The van der Waals surface area contributed by atoms with Crippen LogP contribution < -0.4 is 0 Å². The van der Waals surface area contributed by atoms with Crippen LogP contribution >= 0.6 is 0 Å². The zero-order chi connectivity index (χ0) is 14.3. The van der Waals surface area contributed by atoms with Crippen LogP contribution in [0.2, 0.25) is 0 Å². The van der Waals surface area contributed by atoms with Gasteiger partial charge in [0, 0.05) is 11.8 Å². The lowest BCUT2D eigenvalue weighted by Gasteiger charge is -1.98. The maximum Gasteiger partial charge on any atom is 0.348 e. The van der Waals surface area contributed by atoms with Crippen molar-refractivity contribution in [2.75, 3.05) is 6.61 Å². The number of esters is 1. The third-order valence-electron chi connectivity index (χ3n) is 2.35. The Morgan fingerprint density at radius 2 is 2.32 bits per heavy atom. The first-order valence-electron chi connectivity index (χ1n) is 5.82. The van der Waals surface area contributed by atoms with E-state index in [1.165, 1.54) is 6.08 Å². The molecule has 0 radical (unpaired) electrons. The fourth-order valence-corrected chi connectivity index (χ4v) is 1.46. The van der Waals surface area contributed by atoms with Crippen LogP contribution in [0.5, 0.6) is 0 Å². The minimum Gasteiger partial charge on any atom is -0.462 e. The molecule has 0 aromatic carbocycles. The molecule has 0 saturated carbocycles. The lowest BCUT2D eigenvalue weighted by atomic mass is 10.2. The summed E-state index contributed by atoms with van der Waals surface area (Å²) < 4.78 is 6.39. The van der Waals surface area contributed by atoms with Crippen molar-refractivity contribution in [3.63, 3.8) is 0 Å². The van der Waals surface area contributed by atoms with E-state index in [9.17, 15) is 4.79 Å². The predicted octanol–water partition coefficient (Wildman–Crippen LogP) is 1.58. The first-order valence-corrected chi connectivity index (χ1v) is 5.82. The standard InChI is InChI=1S/C13H14N4O2/c1-3-19-13(18)11(8-15)7-12-9-17(6-4-5-14)16-10(12)2/h7,9H,3-4,6H2,1-2H3. The van der Waals surface area contributed by atoms with E-state index in [1.54, 1.807) is 24.7 Å². The number of rotatable bonds is 5. The molecule has 0 aliphatic heterocycles. The summed E-state index contributed by atoms with van der Waals surface area (Å²) in [5.74, 6) is -0.644. The van der Waals surface area contributed by atoms with Gasteiger partial charge >= 0.3 is 5.97 Å². The third-order valence-corrected chi connectivity index (χ3v) is 2.35. The quantitative estimate of drug-likeness (QED) is 0.454. The van der Waals surface area contributed by atoms with Crippen LogP contribution in [0.25, 0.3) is 6.08 Å². The van der Waals surface area contributed by atoms with Gasteiger partial charge in [0.1, 0.15) is 11.6 Å². The molecule has 0 aliphatic rings. The summed E-state index contributed by atoms with van der Waals surface area (Å²) in [6, 6.07) is 3.84. The summed E-state index contributed by atoms with van der Waals surface area (Å²) in [7, 11) is 0. The maximum absolute atomic E-state index is 11.5. The van der Waals surface area contributed by atoms with Gasteiger partial charge in [-0.1, -0.05) is 0 Å². The van der Waals surface area contributed by atoms with Crippen molar-refractivity contribution in [1.82, 2.24) is 9.78 Å². The number of nitrogens with zero attached hydrogens (tertiary/aromatic N) is 4. The summed E-state index contributed by atoms with van der Waals surface area (Å²) in [6.07, 6.45) is 3.50. The molecule has 0 atom stereocenters. The van der Waals surface area contributed by atoms with Crippen LogP contribution in [-0.4, -0.2) is 22.4 Å². The predicted molar refractivity (Wildman–Crippen MR) is 67.4 cm³/mol. The molecule has 6 heteroatoms. The topological polar surface area (TPSA) is 91.7 Å². The number of carbonyl (C=O) groups is 1. The Morgan fingerprint density at radius 3 is 2.89 bits per heavy atom. The van der Waals surface area contributed by atoms with Crippen LogP contribution in [0.1, 0.15) is 24.6 Å². The SMILES string of the molecule is CCOC(=O)C(C#N)=Cc1cn(CCC#N)nc1C. The first-order chi connectivity index (χ1) is 9.12. The number of hydrogen-bond donors (Lipinski definition) is 0. The van der Waals surface area contributed by atoms with E-state index in [4.69, 9.17) is 15.3 Å². The van der Waals surface area contributed by atoms with Crippen molar-refractivity contribution in [2.45, 2.75) is 26.8 Å². The number of carbonyl (C=O) groups excluding carboxylic acids is 1. The molecule has 0 fully saturated rings. The molecule has 0 bridgehead atoms. The van der Waals surface area contributed by atoms with E-state index in [2.05, 4.69) is 5.10 Å². The zero-order valence-electron chi connectivity index (χ0n) is 10.9. The van der Waals surface area contributed by atoms with Crippen LogP contribution in [0.3, 0.4) is 0 Å². The molecule has 98 valence electrons. The molecule has 1 rings (SSSR count). The molecule has 0 N–H and O–H groups in total. The number of ether oxygens (including phenoxy) is 1. The number of aromatic nitrogens is 2. The average molecular weight is 258 g/mol. The molecule has 0 spiro atoms. The largest absolute Gasteiger partial charge is 0.462 e. The highest BCUT2D eigenvalue weighted by molar-refractivity contribution is 5.97. The monoisotopic (exact) mass is 258 g/mol. The second kappa shape index (κ2) is 6.97. The Balaban J connectivity index is 2.96. The van der Waals surface area contributed by atoms with E-state index in [0.717, 1.165) is 0 Å². The van der Waals surface area contributed by atoms with Gasteiger partial charge in [-0.2, -0.15) is 15.6 Å². The molecule has 0 saturated heterocycles. The van der Waals surface area contributed by atoms with Gasteiger partial charge in [-0.3, -0.25) is 4.68 Å². The van der Waals surface area contributed by atoms with E-state index in [1.807, 2.05) is 12.1 Å². The van der Waals surface area contributed by atoms with Gasteiger partial charge in [0.05, 0.1) is 31.3 Å². The fourth-order valence-electron chi connectivity index (χ4n) is 1.46. The summed E-state index contributed by atoms with van der Waals surface area (Å²) in [5, 5.41) is 21.6. The van der Waals surface area contributed by atoms with Crippen LogP contribution in [0.15, 0.2) is 11.8 Å². The van der Waals surface area contributed by atoms with Gasteiger partial charge in [0.25, 0.3) is 0 Å². The first kappa shape index (κ1) is 14.5. The molecule has 0 unspecified atom stereocenters. The molecular weight excluding hydrogens is 244 g/mol. The summed E-state index contributed by atoms with van der Waals surface area (Å²) >= 11 is 0. The highest BCUT2D eigenvalue weighted by atomic mass is 16.5. The van der Waals surface area contributed by atoms with Crippen molar-refractivity contribution >= 4 is 12.0 Å². The van der Waals surface area contributed by atoms with Crippen molar-refractivity contribution < 1.29 is 9.53 Å². The molecule has 1 aromatic rings. The lowest BCUT2D eigenvalue weighted by Crippen LogP contribution is -2.06. The number of hydrogen-bond acceptors (Lipinski definition) is 5. The van der Waals surface area contributed by atoms with E-state index in [0.29, 0.717) is 24.2 Å². The lowest BCUT2D eigenvalue weighted by molar-refractivity contribution is -0.137. The number of aryl methyl sites for hydroxylation is 2. The highest BCUT2D eigenvalue weighted by Gasteiger charge is 2.11. The van der Waals surface area contributed by atoms with E-state index >= 15 is 0 Å². The van der Waals surface area contributed by atoms with Crippen molar-refractivity contribution in [3.05, 3.63) is 23.0 Å². The molecule has 0 amide bonds. The van der Waals surface area contributed by atoms with Gasteiger partial charge in [-0.15, -0.1) is 0 Å². The van der Waals surface area contributed by atoms with Crippen molar-refractivity contribution in [3.8, 4) is 12.1 Å². The second-order valence-corrected chi connectivity index (χ2v) is 3.73. The van der Waals surface area contributed by atoms with Crippen molar-refractivity contribution in [2.24, 2.45) is 0 Å². The molecular formula is C13H14N4O2. The normalized spacial score (nSPS) is 10.6.